The molecule has 3 rings (SSSR count). The van der Waals surface area contributed by atoms with Gasteiger partial charge in [-0.2, -0.15) is 8.42 Å². The van der Waals surface area contributed by atoms with Crippen molar-refractivity contribution in [2.45, 2.75) is 4.90 Å². The summed E-state index contributed by atoms with van der Waals surface area (Å²) >= 11 is 0. The summed E-state index contributed by atoms with van der Waals surface area (Å²) in [4.78, 5) is -0.0446. The zero-order chi connectivity index (χ0) is 12.8. The zero-order valence-electron chi connectivity index (χ0n) is 9.37. The molecule has 0 aliphatic rings. The molecule has 3 nitrogen and oxygen atoms in total. The Hall–Kier alpha value is -1.91. The maximum Gasteiger partial charge on any atom is 0.295 e. The molecule has 0 spiro atoms. The average molecular weight is 258 g/mol. The second-order valence-electron chi connectivity index (χ2n) is 4.12. The molecule has 90 valence electrons. The summed E-state index contributed by atoms with van der Waals surface area (Å²) < 4.78 is 32.2. The van der Waals surface area contributed by atoms with Crippen LogP contribution in [-0.2, 0) is 10.1 Å². The van der Waals surface area contributed by atoms with E-state index in [0.29, 0.717) is 5.39 Å². The third-order valence-corrected chi connectivity index (χ3v) is 3.90. The lowest BCUT2D eigenvalue weighted by Crippen LogP contribution is -1.99. The molecule has 3 aromatic carbocycles. The summed E-state index contributed by atoms with van der Waals surface area (Å²) in [5.74, 6) is 0. The Balaban J connectivity index is 2.63. The molecule has 0 heterocycles. The second-order valence-corrected chi connectivity index (χ2v) is 5.51. The monoisotopic (exact) mass is 258 g/mol. The molecule has 1 N–H and O–H groups in total. The molecular formula is C14H10O3S. The smallest absolute Gasteiger partial charge is 0.282 e. The minimum absolute atomic E-state index is 0.0446. The Labute approximate surface area is 104 Å². The van der Waals surface area contributed by atoms with Gasteiger partial charge < -0.3 is 0 Å². The van der Waals surface area contributed by atoms with E-state index in [2.05, 4.69) is 0 Å². The number of rotatable bonds is 1. The van der Waals surface area contributed by atoms with Gasteiger partial charge in [-0.3, -0.25) is 4.55 Å². The van der Waals surface area contributed by atoms with Gasteiger partial charge in [0, 0.05) is 5.39 Å². The van der Waals surface area contributed by atoms with Crippen LogP contribution in [0, 0.1) is 0 Å². The molecule has 0 unspecified atom stereocenters. The van der Waals surface area contributed by atoms with E-state index in [4.69, 9.17) is 0 Å². The lowest BCUT2D eigenvalue weighted by Gasteiger charge is -2.07. The molecule has 3 aromatic rings. The maximum atomic E-state index is 11.4. The standard InChI is InChI=1S/C14H10O3S/c15-18(16,17)13-7-3-5-11-9-8-10-4-1-2-6-12(10)14(11)13/h1-9H,(H,15,16,17). The van der Waals surface area contributed by atoms with Gasteiger partial charge in [0.05, 0.1) is 0 Å². The largest absolute Gasteiger partial charge is 0.295 e. The van der Waals surface area contributed by atoms with E-state index < -0.39 is 10.1 Å². The van der Waals surface area contributed by atoms with Gasteiger partial charge in [-0.25, -0.2) is 0 Å². The fraction of sp³-hybridized carbons (Fsp3) is 0. The van der Waals surface area contributed by atoms with Crippen molar-refractivity contribution >= 4 is 31.7 Å². The first kappa shape index (κ1) is 11.2. The van der Waals surface area contributed by atoms with Crippen LogP contribution in [0.15, 0.2) is 59.5 Å². The summed E-state index contributed by atoms with van der Waals surface area (Å²) in [6.07, 6.45) is 0. The lowest BCUT2D eigenvalue weighted by molar-refractivity contribution is 0.484. The van der Waals surface area contributed by atoms with Crippen LogP contribution in [0.25, 0.3) is 21.5 Å². The highest BCUT2D eigenvalue weighted by Crippen LogP contribution is 2.30. The molecule has 0 radical (unpaired) electrons. The Morgan fingerprint density at radius 3 is 2.22 bits per heavy atom. The first-order valence-corrected chi connectivity index (χ1v) is 6.89. The highest BCUT2D eigenvalue weighted by atomic mass is 32.2. The SMILES string of the molecule is O=S(=O)(O)c1cccc2ccc3ccccc3c12. The van der Waals surface area contributed by atoms with Crippen molar-refractivity contribution in [2.75, 3.05) is 0 Å². The van der Waals surface area contributed by atoms with Gasteiger partial charge in [0.15, 0.2) is 0 Å². The van der Waals surface area contributed by atoms with Crippen molar-refractivity contribution in [3.8, 4) is 0 Å². The summed E-state index contributed by atoms with van der Waals surface area (Å²) in [6, 6.07) is 16.2. The first-order valence-electron chi connectivity index (χ1n) is 5.45. The van der Waals surface area contributed by atoms with E-state index in [1.165, 1.54) is 6.07 Å². The quantitative estimate of drug-likeness (QED) is 0.538. The Kier molecular flexibility index (Phi) is 2.36. The number of hydrogen-bond acceptors (Lipinski definition) is 2. The third kappa shape index (κ3) is 1.66. The molecule has 0 aromatic heterocycles. The molecule has 0 aliphatic carbocycles. The van der Waals surface area contributed by atoms with Crippen LogP contribution < -0.4 is 0 Å². The number of hydrogen-bond donors (Lipinski definition) is 1. The molecule has 18 heavy (non-hydrogen) atoms. The van der Waals surface area contributed by atoms with Crippen LogP contribution in [-0.4, -0.2) is 13.0 Å². The normalized spacial score (nSPS) is 12.1. The van der Waals surface area contributed by atoms with Crippen molar-refractivity contribution in [2.24, 2.45) is 0 Å². The zero-order valence-corrected chi connectivity index (χ0v) is 10.2. The molecule has 0 aliphatic heterocycles. The Morgan fingerprint density at radius 2 is 1.44 bits per heavy atom. The van der Waals surface area contributed by atoms with Crippen molar-refractivity contribution in [3.05, 3.63) is 54.6 Å². The Bertz CT molecular complexity index is 851. The van der Waals surface area contributed by atoms with Gasteiger partial charge in [-0.05, 0) is 22.2 Å². The summed E-state index contributed by atoms with van der Waals surface area (Å²) in [5.41, 5.74) is 0. The van der Waals surface area contributed by atoms with Crippen LogP contribution in [0.4, 0.5) is 0 Å². The van der Waals surface area contributed by atoms with Gasteiger partial charge in [-0.1, -0.05) is 48.5 Å². The average Bonchev–Trinajstić information content (AvgIpc) is 2.36. The van der Waals surface area contributed by atoms with E-state index in [1.54, 1.807) is 6.07 Å². The third-order valence-electron chi connectivity index (χ3n) is 3.01. The van der Waals surface area contributed by atoms with Crippen LogP contribution in [0.1, 0.15) is 0 Å². The fourth-order valence-corrected chi connectivity index (χ4v) is 2.98. The van der Waals surface area contributed by atoms with Crippen LogP contribution in [0.2, 0.25) is 0 Å². The molecule has 0 bridgehead atoms. The van der Waals surface area contributed by atoms with Crippen molar-refractivity contribution in [1.29, 1.82) is 0 Å². The fourth-order valence-electron chi connectivity index (χ4n) is 2.24. The van der Waals surface area contributed by atoms with E-state index in [9.17, 15) is 13.0 Å². The predicted octanol–water partition coefficient (Wildman–Crippen LogP) is 3.24. The number of benzene rings is 3. The van der Waals surface area contributed by atoms with Gasteiger partial charge in [0.1, 0.15) is 4.90 Å². The lowest BCUT2D eigenvalue weighted by atomic mass is 10.0. The van der Waals surface area contributed by atoms with Gasteiger partial charge in [0.2, 0.25) is 0 Å². The van der Waals surface area contributed by atoms with E-state index in [0.717, 1.165) is 16.2 Å². The van der Waals surface area contributed by atoms with Gasteiger partial charge in [0.25, 0.3) is 10.1 Å². The van der Waals surface area contributed by atoms with E-state index in [1.807, 2.05) is 42.5 Å². The van der Waals surface area contributed by atoms with Crippen molar-refractivity contribution in [1.82, 2.24) is 0 Å². The molecule has 4 heteroatoms. The second kappa shape index (κ2) is 3.80. The van der Waals surface area contributed by atoms with Gasteiger partial charge in [-0.15, -0.1) is 0 Å². The number of fused-ring (bicyclic) bond motifs is 3. The van der Waals surface area contributed by atoms with Crippen molar-refractivity contribution in [3.63, 3.8) is 0 Å². The van der Waals surface area contributed by atoms with Crippen LogP contribution in [0.3, 0.4) is 0 Å². The highest BCUT2D eigenvalue weighted by Gasteiger charge is 2.15. The summed E-state index contributed by atoms with van der Waals surface area (Å²) in [5, 5.41) is 3.13. The maximum absolute atomic E-state index is 11.4. The highest BCUT2D eigenvalue weighted by molar-refractivity contribution is 7.86. The van der Waals surface area contributed by atoms with E-state index in [-0.39, 0.29) is 4.90 Å². The molecule has 0 fully saturated rings. The molecule has 0 saturated carbocycles. The molecule has 0 saturated heterocycles. The Morgan fingerprint density at radius 1 is 0.778 bits per heavy atom. The summed E-state index contributed by atoms with van der Waals surface area (Å²) in [7, 11) is -4.22. The summed E-state index contributed by atoms with van der Waals surface area (Å²) in [6.45, 7) is 0. The topological polar surface area (TPSA) is 54.4 Å². The molecule has 0 atom stereocenters. The predicted molar refractivity (Wildman–Crippen MR) is 71.3 cm³/mol. The molecule has 0 amide bonds. The van der Waals surface area contributed by atoms with Crippen LogP contribution >= 0.6 is 0 Å². The molecular weight excluding hydrogens is 248 g/mol. The first-order chi connectivity index (χ1) is 8.57. The minimum Gasteiger partial charge on any atom is -0.282 e. The minimum atomic E-state index is -4.22. The van der Waals surface area contributed by atoms with Crippen LogP contribution in [0.5, 0.6) is 0 Å². The van der Waals surface area contributed by atoms with Gasteiger partial charge >= 0.3 is 0 Å². The van der Waals surface area contributed by atoms with Crippen molar-refractivity contribution < 1.29 is 13.0 Å². The van der Waals surface area contributed by atoms with E-state index >= 15 is 0 Å².